The van der Waals surface area contributed by atoms with E-state index in [2.05, 4.69) is 25.7 Å². The van der Waals surface area contributed by atoms with Gasteiger partial charge in [-0.3, -0.25) is 9.78 Å². The SMILES string of the molecule is O=C(NN=Cc1cc(N=Nc2cccc3ccccc23)ccc1O)c1ccncc1. The molecule has 0 spiro atoms. The van der Waals surface area contributed by atoms with Crippen molar-refractivity contribution in [1.82, 2.24) is 10.4 Å². The smallest absolute Gasteiger partial charge is 0.271 e. The van der Waals surface area contributed by atoms with Gasteiger partial charge >= 0.3 is 0 Å². The molecule has 146 valence electrons. The Hall–Kier alpha value is -4.39. The van der Waals surface area contributed by atoms with Gasteiger partial charge < -0.3 is 5.11 Å². The Kier molecular flexibility index (Phi) is 5.52. The number of azo groups is 1. The summed E-state index contributed by atoms with van der Waals surface area (Å²) in [5.74, 6) is -0.360. The Balaban J connectivity index is 1.51. The normalized spacial score (nSPS) is 11.3. The Morgan fingerprint density at radius 2 is 1.73 bits per heavy atom. The van der Waals surface area contributed by atoms with Crippen LogP contribution in [0.25, 0.3) is 10.8 Å². The van der Waals surface area contributed by atoms with Crippen molar-refractivity contribution in [3.8, 4) is 5.75 Å². The van der Waals surface area contributed by atoms with Crippen LogP contribution in [0, 0.1) is 0 Å². The highest BCUT2D eigenvalue weighted by atomic mass is 16.3. The molecule has 7 nitrogen and oxygen atoms in total. The third kappa shape index (κ3) is 4.36. The van der Waals surface area contributed by atoms with E-state index in [9.17, 15) is 9.90 Å². The summed E-state index contributed by atoms with van der Waals surface area (Å²) in [5.41, 5.74) is 4.54. The van der Waals surface area contributed by atoms with Crippen LogP contribution in [0.5, 0.6) is 5.75 Å². The van der Waals surface area contributed by atoms with Gasteiger partial charge in [0.15, 0.2) is 0 Å². The van der Waals surface area contributed by atoms with Crippen LogP contribution >= 0.6 is 0 Å². The van der Waals surface area contributed by atoms with E-state index in [-0.39, 0.29) is 11.7 Å². The molecule has 0 bridgehead atoms. The van der Waals surface area contributed by atoms with E-state index in [1.165, 1.54) is 24.7 Å². The summed E-state index contributed by atoms with van der Waals surface area (Å²) in [4.78, 5) is 15.9. The van der Waals surface area contributed by atoms with Crippen molar-refractivity contribution in [1.29, 1.82) is 0 Å². The largest absolute Gasteiger partial charge is 0.507 e. The van der Waals surface area contributed by atoms with Crippen molar-refractivity contribution in [3.63, 3.8) is 0 Å². The second-order valence-corrected chi connectivity index (χ2v) is 6.38. The molecule has 0 aliphatic heterocycles. The van der Waals surface area contributed by atoms with Crippen LogP contribution < -0.4 is 5.43 Å². The van der Waals surface area contributed by atoms with Gasteiger partial charge in [0.05, 0.1) is 17.6 Å². The third-order valence-corrected chi connectivity index (χ3v) is 4.36. The lowest BCUT2D eigenvalue weighted by Crippen LogP contribution is -2.17. The number of aromatic nitrogens is 1. The van der Waals surface area contributed by atoms with Crippen molar-refractivity contribution < 1.29 is 9.90 Å². The number of pyridine rings is 1. The highest BCUT2D eigenvalue weighted by molar-refractivity contribution is 5.95. The van der Waals surface area contributed by atoms with Gasteiger partial charge in [-0.1, -0.05) is 36.4 Å². The molecule has 0 saturated heterocycles. The van der Waals surface area contributed by atoms with Crippen LogP contribution in [-0.4, -0.2) is 22.2 Å². The zero-order chi connectivity index (χ0) is 20.8. The summed E-state index contributed by atoms with van der Waals surface area (Å²) < 4.78 is 0. The van der Waals surface area contributed by atoms with Crippen LogP contribution in [0.15, 0.2) is 101 Å². The van der Waals surface area contributed by atoms with Crippen molar-refractivity contribution in [2.45, 2.75) is 0 Å². The Bertz CT molecular complexity index is 1250. The molecule has 7 heteroatoms. The molecule has 0 fully saturated rings. The van der Waals surface area contributed by atoms with Crippen LogP contribution in [0.2, 0.25) is 0 Å². The van der Waals surface area contributed by atoms with Gasteiger partial charge in [0.25, 0.3) is 5.91 Å². The third-order valence-electron chi connectivity index (χ3n) is 4.36. The lowest BCUT2D eigenvalue weighted by molar-refractivity contribution is 0.0955. The number of carbonyl (C=O) groups is 1. The van der Waals surface area contributed by atoms with Gasteiger partial charge in [0.1, 0.15) is 5.75 Å². The van der Waals surface area contributed by atoms with Crippen LogP contribution in [-0.2, 0) is 0 Å². The van der Waals surface area contributed by atoms with E-state index >= 15 is 0 Å². The number of benzene rings is 3. The fourth-order valence-corrected chi connectivity index (χ4v) is 2.84. The number of rotatable bonds is 5. The first-order valence-corrected chi connectivity index (χ1v) is 9.17. The number of fused-ring (bicyclic) bond motifs is 1. The highest BCUT2D eigenvalue weighted by Gasteiger charge is 2.04. The van der Waals surface area contributed by atoms with Crippen LogP contribution in [0.3, 0.4) is 0 Å². The molecule has 4 aromatic rings. The molecule has 1 amide bonds. The van der Waals surface area contributed by atoms with Crippen LogP contribution in [0.4, 0.5) is 11.4 Å². The monoisotopic (exact) mass is 395 g/mol. The average Bonchev–Trinajstić information content (AvgIpc) is 2.80. The maximum absolute atomic E-state index is 12.0. The van der Waals surface area contributed by atoms with E-state index in [1.54, 1.807) is 24.3 Å². The summed E-state index contributed by atoms with van der Waals surface area (Å²) in [6.45, 7) is 0. The molecule has 4 rings (SSSR count). The summed E-state index contributed by atoms with van der Waals surface area (Å²) in [6, 6.07) is 21.7. The van der Waals surface area contributed by atoms with Crippen molar-refractivity contribution >= 4 is 34.3 Å². The predicted molar refractivity (Wildman–Crippen MR) is 116 cm³/mol. The maximum atomic E-state index is 12.0. The molecule has 1 aromatic heterocycles. The van der Waals surface area contributed by atoms with Crippen molar-refractivity contribution in [2.24, 2.45) is 15.3 Å². The number of aromatic hydroxyl groups is 1. The van der Waals surface area contributed by atoms with E-state index in [1.807, 2.05) is 42.5 Å². The number of phenols is 1. The highest BCUT2D eigenvalue weighted by Crippen LogP contribution is 2.28. The molecule has 1 heterocycles. The number of hydrazone groups is 1. The Morgan fingerprint density at radius 3 is 2.60 bits per heavy atom. The molecule has 3 aromatic carbocycles. The number of hydrogen-bond donors (Lipinski definition) is 2. The first-order valence-electron chi connectivity index (χ1n) is 9.17. The summed E-state index contributed by atoms with van der Waals surface area (Å²) in [5, 5.41) is 24.7. The van der Waals surface area contributed by atoms with Gasteiger partial charge in [-0.15, -0.1) is 5.11 Å². The molecule has 0 unspecified atom stereocenters. The Labute approximate surface area is 172 Å². The lowest BCUT2D eigenvalue weighted by Gasteiger charge is -2.02. The summed E-state index contributed by atoms with van der Waals surface area (Å²) in [7, 11) is 0. The second kappa shape index (κ2) is 8.74. The standard InChI is InChI=1S/C23H17N5O2/c29-22-9-8-19(26-27-21-7-3-5-16-4-1-2-6-20(16)21)14-18(22)15-25-28-23(30)17-10-12-24-13-11-17/h1-15,29H,(H,28,30). The number of nitrogens with zero attached hydrogens (tertiary/aromatic N) is 4. The van der Waals surface area contributed by atoms with E-state index < -0.39 is 0 Å². The molecule has 0 aliphatic rings. The molecule has 0 saturated carbocycles. The van der Waals surface area contributed by atoms with E-state index in [0.717, 1.165) is 16.5 Å². The minimum Gasteiger partial charge on any atom is -0.507 e. The molecule has 2 N–H and O–H groups in total. The molecule has 30 heavy (non-hydrogen) atoms. The molecular formula is C23H17N5O2. The zero-order valence-corrected chi connectivity index (χ0v) is 15.8. The summed E-state index contributed by atoms with van der Waals surface area (Å²) >= 11 is 0. The number of carbonyl (C=O) groups excluding carboxylic acids is 1. The average molecular weight is 395 g/mol. The van der Waals surface area contributed by atoms with Gasteiger partial charge in [0.2, 0.25) is 0 Å². The fourth-order valence-electron chi connectivity index (χ4n) is 2.84. The van der Waals surface area contributed by atoms with Gasteiger partial charge in [-0.2, -0.15) is 10.2 Å². The lowest BCUT2D eigenvalue weighted by atomic mass is 10.1. The van der Waals surface area contributed by atoms with E-state index in [0.29, 0.717) is 16.8 Å². The number of phenolic OH excluding ortho intramolecular Hbond substituents is 1. The van der Waals surface area contributed by atoms with Gasteiger partial charge in [0, 0.05) is 28.9 Å². The quantitative estimate of drug-likeness (QED) is 0.279. The fraction of sp³-hybridized carbons (Fsp3) is 0. The number of nitrogens with one attached hydrogen (secondary N) is 1. The van der Waals surface area contributed by atoms with E-state index in [4.69, 9.17) is 0 Å². The Morgan fingerprint density at radius 1 is 0.933 bits per heavy atom. The number of amides is 1. The number of hydrogen-bond acceptors (Lipinski definition) is 6. The first kappa shape index (κ1) is 18.9. The van der Waals surface area contributed by atoms with Crippen molar-refractivity contribution in [2.75, 3.05) is 0 Å². The molecule has 0 aliphatic carbocycles. The van der Waals surface area contributed by atoms with Gasteiger partial charge in [-0.25, -0.2) is 5.43 Å². The minimum atomic E-state index is -0.375. The molecule has 0 atom stereocenters. The van der Waals surface area contributed by atoms with Crippen molar-refractivity contribution in [3.05, 3.63) is 96.3 Å². The second-order valence-electron chi connectivity index (χ2n) is 6.38. The van der Waals surface area contributed by atoms with Crippen LogP contribution in [0.1, 0.15) is 15.9 Å². The maximum Gasteiger partial charge on any atom is 0.271 e. The predicted octanol–water partition coefficient (Wildman–Crippen LogP) is 5.12. The molecule has 0 radical (unpaired) electrons. The molecular weight excluding hydrogens is 378 g/mol. The minimum absolute atomic E-state index is 0.0148. The topological polar surface area (TPSA) is 99.3 Å². The van der Waals surface area contributed by atoms with Gasteiger partial charge in [-0.05, 0) is 41.8 Å². The summed E-state index contributed by atoms with van der Waals surface area (Å²) in [6.07, 6.45) is 4.40. The zero-order valence-electron chi connectivity index (χ0n) is 15.8. The first-order chi connectivity index (χ1) is 14.7.